The highest BCUT2D eigenvalue weighted by Crippen LogP contribution is 2.34. The van der Waals surface area contributed by atoms with Crippen molar-refractivity contribution in [2.24, 2.45) is 0 Å². The van der Waals surface area contributed by atoms with Crippen LogP contribution in [0.15, 0.2) is 41.2 Å². The smallest absolute Gasteiger partial charge is 0.266 e. The predicted octanol–water partition coefficient (Wildman–Crippen LogP) is 3.24. The summed E-state index contributed by atoms with van der Waals surface area (Å²) in [5.74, 6) is -0.299. The Bertz CT molecular complexity index is 1010. The molecule has 0 fully saturated rings. The van der Waals surface area contributed by atoms with Crippen molar-refractivity contribution < 1.29 is 4.79 Å². The van der Waals surface area contributed by atoms with Crippen molar-refractivity contribution in [3.8, 4) is 5.69 Å². The zero-order chi connectivity index (χ0) is 14.7. The van der Waals surface area contributed by atoms with Crippen LogP contribution in [0.3, 0.4) is 0 Å². The molecule has 3 aromatic rings. The van der Waals surface area contributed by atoms with E-state index in [1.807, 2.05) is 0 Å². The molecule has 102 valence electrons. The van der Waals surface area contributed by atoms with Crippen LogP contribution in [-0.2, 0) is 0 Å². The normalized spacial score (nSPS) is 12.6. The van der Waals surface area contributed by atoms with Crippen LogP contribution in [0.25, 0.3) is 16.6 Å². The Labute approximate surface area is 128 Å². The molecule has 2 aromatic carbocycles. The van der Waals surface area contributed by atoms with E-state index >= 15 is 0 Å². The Morgan fingerprint density at radius 2 is 1.81 bits per heavy atom. The van der Waals surface area contributed by atoms with Crippen molar-refractivity contribution in [3.05, 3.63) is 68.2 Å². The Hall–Kier alpha value is -2.17. The van der Waals surface area contributed by atoms with Crippen molar-refractivity contribution in [2.45, 2.75) is 0 Å². The van der Waals surface area contributed by atoms with E-state index in [0.29, 0.717) is 21.6 Å². The number of aromatic nitrogens is 2. The summed E-state index contributed by atoms with van der Waals surface area (Å²) in [5, 5.41) is 1.02. The quantitative estimate of drug-likeness (QED) is 0.500. The zero-order valence-corrected chi connectivity index (χ0v) is 11.9. The van der Waals surface area contributed by atoms with E-state index in [0.717, 1.165) is 0 Å². The van der Waals surface area contributed by atoms with Crippen molar-refractivity contribution in [3.63, 3.8) is 0 Å². The lowest BCUT2D eigenvalue weighted by Crippen LogP contribution is -2.21. The first-order valence-electron chi connectivity index (χ1n) is 6.14. The molecule has 0 spiro atoms. The molecule has 4 nitrogen and oxygen atoms in total. The van der Waals surface area contributed by atoms with E-state index < -0.39 is 0 Å². The number of nitrogens with zero attached hydrogens (tertiary/aromatic N) is 2. The second-order valence-electron chi connectivity index (χ2n) is 4.70. The van der Waals surface area contributed by atoms with Gasteiger partial charge in [0.15, 0.2) is 5.82 Å². The Kier molecular flexibility index (Phi) is 2.49. The average Bonchev–Trinajstić information content (AvgIpc) is 2.72. The maximum absolute atomic E-state index is 12.6. The summed E-state index contributed by atoms with van der Waals surface area (Å²) in [7, 11) is 0. The number of halogens is 2. The van der Waals surface area contributed by atoms with Crippen molar-refractivity contribution in [2.75, 3.05) is 0 Å². The fourth-order valence-corrected chi connectivity index (χ4v) is 3.15. The van der Waals surface area contributed by atoms with Crippen LogP contribution in [0.4, 0.5) is 0 Å². The molecule has 1 aromatic heterocycles. The molecule has 21 heavy (non-hydrogen) atoms. The lowest BCUT2D eigenvalue weighted by Gasteiger charge is -2.06. The molecule has 0 saturated heterocycles. The Morgan fingerprint density at radius 1 is 1.05 bits per heavy atom. The molecule has 2 heterocycles. The van der Waals surface area contributed by atoms with Gasteiger partial charge in [0.2, 0.25) is 5.78 Å². The lowest BCUT2D eigenvalue weighted by molar-refractivity contribution is 0.103. The number of benzene rings is 2. The van der Waals surface area contributed by atoms with Crippen LogP contribution in [0, 0.1) is 0 Å². The maximum atomic E-state index is 12.6. The first kappa shape index (κ1) is 12.6. The van der Waals surface area contributed by atoms with Gasteiger partial charge in [0.1, 0.15) is 0 Å². The van der Waals surface area contributed by atoms with Gasteiger partial charge in [0.05, 0.1) is 27.2 Å². The Balaban J connectivity index is 2.22. The summed E-state index contributed by atoms with van der Waals surface area (Å²) in [6.07, 6.45) is 0. The van der Waals surface area contributed by atoms with Crippen LogP contribution in [0.2, 0.25) is 10.0 Å². The average molecular weight is 317 g/mol. The number of hydrogen-bond donors (Lipinski definition) is 0. The molecular formula is C15H6Cl2N2O2. The Morgan fingerprint density at radius 3 is 2.62 bits per heavy atom. The van der Waals surface area contributed by atoms with Crippen LogP contribution >= 0.6 is 23.2 Å². The number of para-hydroxylation sites is 1. The van der Waals surface area contributed by atoms with E-state index in [4.69, 9.17) is 23.2 Å². The minimum Gasteiger partial charge on any atom is -0.285 e. The van der Waals surface area contributed by atoms with E-state index in [2.05, 4.69) is 4.98 Å². The lowest BCUT2D eigenvalue weighted by atomic mass is 10.1. The molecule has 0 atom stereocenters. The molecule has 1 aliphatic rings. The summed E-state index contributed by atoms with van der Waals surface area (Å²) in [5.41, 5.74) is 0.829. The number of fused-ring (bicyclic) bond motifs is 4. The fraction of sp³-hybridized carbons (Fsp3) is 0. The highest BCUT2D eigenvalue weighted by atomic mass is 35.5. The number of carbonyl (C=O) groups is 1. The molecule has 0 saturated carbocycles. The first-order valence-corrected chi connectivity index (χ1v) is 6.89. The van der Waals surface area contributed by atoms with Gasteiger partial charge in [-0.25, -0.2) is 4.98 Å². The monoisotopic (exact) mass is 316 g/mol. The van der Waals surface area contributed by atoms with Gasteiger partial charge in [-0.3, -0.25) is 14.2 Å². The second-order valence-corrected chi connectivity index (χ2v) is 5.55. The van der Waals surface area contributed by atoms with E-state index in [9.17, 15) is 9.59 Å². The molecule has 0 amide bonds. The minimum absolute atomic E-state index is 0.0675. The minimum atomic E-state index is -0.366. The van der Waals surface area contributed by atoms with Crippen molar-refractivity contribution in [1.29, 1.82) is 0 Å². The maximum Gasteiger partial charge on any atom is 0.266 e. The van der Waals surface area contributed by atoms with E-state index in [-0.39, 0.29) is 27.8 Å². The summed E-state index contributed by atoms with van der Waals surface area (Å²) in [6, 6.07) is 9.92. The predicted molar refractivity (Wildman–Crippen MR) is 80.8 cm³/mol. The third-order valence-electron chi connectivity index (χ3n) is 3.48. The van der Waals surface area contributed by atoms with Gasteiger partial charge in [-0.2, -0.15) is 0 Å². The number of carbonyl (C=O) groups excluding carboxylic acids is 1. The summed E-state index contributed by atoms with van der Waals surface area (Å²) < 4.78 is 1.28. The van der Waals surface area contributed by atoms with Crippen LogP contribution in [0.5, 0.6) is 0 Å². The van der Waals surface area contributed by atoms with Gasteiger partial charge >= 0.3 is 0 Å². The summed E-state index contributed by atoms with van der Waals surface area (Å²) >= 11 is 12.1. The molecular weight excluding hydrogens is 311 g/mol. The van der Waals surface area contributed by atoms with Gasteiger partial charge in [0.25, 0.3) is 5.56 Å². The zero-order valence-electron chi connectivity index (χ0n) is 10.4. The van der Waals surface area contributed by atoms with E-state index in [1.165, 1.54) is 10.6 Å². The first-order chi connectivity index (χ1) is 10.1. The van der Waals surface area contributed by atoms with Crippen LogP contribution < -0.4 is 5.56 Å². The molecule has 4 rings (SSSR count). The number of hydrogen-bond acceptors (Lipinski definition) is 3. The highest BCUT2D eigenvalue weighted by molar-refractivity contribution is 6.38. The molecule has 0 radical (unpaired) electrons. The van der Waals surface area contributed by atoms with Gasteiger partial charge in [-0.15, -0.1) is 0 Å². The number of ketones is 1. The third kappa shape index (κ3) is 1.60. The van der Waals surface area contributed by atoms with Crippen molar-refractivity contribution >= 4 is 39.9 Å². The van der Waals surface area contributed by atoms with Crippen LogP contribution in [0.1, 0.15) is 16.2 Å². The highest BCUT2D eigenvalue weighted by Gasteiger charge is 2.32. The van der Waals surface area contributed by atoms with Gasteiger partial charge in [0, 0.05) is 5.02 Å². The standard InChI is InChI=1S/C15H6Cl2N2O2/c16-7-5-9(17)12-11(6-7)19-14(13(12)20)18-10-4-2-1-3-8(10)15(19)21/h1-6H. The summed E-state index contributed by atoms with van der Waals surface area (Å²) in [4.78, 5) is 29.4. The molecule has 0 bridgehead atoms. The largest absolute Gasteiger partial charge is 0.285 e. The molecule has 6 heteroatoms. The number of rotatable bonds is 0. The SMILES string of the molecule is O=C1c2c(Cl)cc(Cl)cc2-n2c1nc1ccccc1c2=O. The fourth-order valence-electron chi connectivity index (χ4n) is 2.58. The van der Waals surface area contributed by atoms with Crippen molar-refractivity contribution in [1.82, 2.24) is 9.55 Å². The van der Waals surface area contributed by atoms with E-state index in [1.54, 1.807) is 30.3 Å². The molecule has 0 aliphatic carbocycles. The summed E-state index contributed by atoms with van der Waals surface area (Å²) in [6.45, 7) is 0. The van der Waals surface area contributed by atoms with Crippen LogP contribution in [-0.4, -0.2) is 15.3 Å². The third-order valence-corrected chi connectivity index (χ3v) is 4.00. The topological polar surface area (TPSA) is 52.0 Å². The second kappa shape index (κ2) is 4.16. The molecule has 0 N–H and O–H groups in total. The van der Waals surface area contributed by atoms with Gasteiger partial charge in [-0.05, 0) is 24.3 Å². The van der Waals surface area contributed by atoms with Gasteiger partial charge in [-0.1, -0.05) is 35.3 Å². The van der Waals surface area contributed by atoms with Gasteiger partial charge < -0.3 is 0 Å². The molecule has 1 aliphatic heterocycles. The molecule has 0 unspecified atom stereocenters.